The summed E-state index contributed by atoms with van der Waals surface area (Å²) in [5, 5.41) is 2.20. The molecule has 3 rings (SSSR count). The van der Waals surface area contributed by atoms with Crippen LogP contribution in [0.25, 0.3) is 6.08 Å². The third-order valence-electron chi connectivity index (χ3n) is 3.27. The highest BCUT2D eigenvalue weighted by Crippen LogP contribution is 2.26. The summed E-state index contributed by atoms with van der Waals surface area (Å²) in [6, 6.07) is 9.80. The van der Waals surface area contributed by atoms with Crippen molar-refractivity contribution in [1.29, 1.82) is 0 Å². The molecule has 1 aromatic carbocycles. The van der Waals surface area contributed by atoms with Gasteiger partial charge in [-0.1, -0.05) is 17.7 Å². The first-order valence-electron chi connectivity index (χ1n) is 6.69. The highest BCUT2D eigenvalue weighted by atomic mass is 79.9. The molecule has 4 amide bonds. The maximum atomic E-state index is 12.6. The largest absolute Gasteiger partial charge is 0.335 e. The lowest BCUT2D eigenvalue weighted by Crippen LogP contribution is -2.54. The Morgan fingerprint density at radius 2 is 1.78 bits per heavy atom. The van der Waals surface area contributed by atoms with Crippen molar-refractivity contribution in [2.45, 2.75) is 6.92 Å². The van der Waals surface area contributed by atoms with E-state index in [0.717, 1.165) is 19.1 Å². The number of urea groups is 1. The zero-order valence-corrected chi connectivity index (χ0v) is 14.4. The number of nitrogens with one attached hydrogen (secondary N) is 1. The second-order valence-corrected chi connectivity index (χ2v) is 7.43. The van der Waals surface area contributed by atoms with E-state index in [-0.39, 0.29) is 5.57 Å². The van der Waals surface area contributed by atoms with Crippen molar-refractivity contribution in [1.82, 2.24) is 5.32 Å². The number of nitrogens with zero attached hydrogens (tertiary/aromatic N) is 1. The van der Waals surface area contributed by atoms with Crippen LogP contribution in [0.3, 0.4) is 0 Å². The first-order chi connectivity index (χ1) is 11.0. The molecule has 1 aromatic heterocycles. The monoisotopic (exact) mass is 390 g/mol. The number of rotatable bonds is 2. The number of amides is 4. The van der Waals surface area contributed by atoms with Crippen molar-refractivity contribution < 1.29 is 14.4 Å². The van der Waals surface area contributed by atoms with Crippen LogP contribution in [0.4, 0.5) is 10.5 Å². The Morgan fingerprint density at radius 1 is 1.09 bits per heavy atom. The van der Waals surface area contributed by atoms with Gasteiger partial charge in [0.25, 0.3) is 11.8 Å². The van der Waals surface area contributed by atoms with Gasteiger partial charge in [0, 0.05) is 4.88 Å². The molecule has 0 atom stereocenters. The van der Waals surface area contributed by atoms with Crippen molar-refractivity contribution in [2.24, 2.45) is 0 Å². The maximum absolute atomic E-state index is 12.6. The molecule has 0 bridgehead atoms. The molecule has 7 heteroatoms. The minimum absolute atomic E-state index is 0.0699. The molecule has 2 heterocycles. The van der Waals surface area contributed by atoms with Gasteiger partial charge in [-0.2, -0.15) is 0 Å². The molecule has 23 heavy (non-hydrogen) atoms. The summed E-state index contributed by atoms with van der Waals surface area (Å²) in [6.07, 6.45) is 1.49. The first kappa shape index (κ1) is 15.6. The number of barbiturate groups is 1. The maximum Gasteiger partial charge on any atom is 0.335 e. The van der Waals surface area contributed by atoms with Crippen molar-refractivity contribution in [3.05, 3.63) is 56.2 Å². The molecular formula is C16H11BrN2O3S. The van der Waals surface area contributed by atoms with Gasteiger partial charge in [0.2, 0.25) is 0 Å². The van der Waals surface area contributed by atoms with E-state index in [1.165, 1.54) is 17.4 Å². The fourth-order valence-electron chi connectivity index (χ4n) is 2.13. The molecular weight excluding hydrogens is 380 g/mol. The van der Waals surface area contributed by atoms with Gasteiger partial charge in [0.05, 0.1) is 9.47 Å². The van der Waals surface area contributed by atoms with E-state index >= 15 is 0 Å². The third-order valence-corrected chi connectivity index (χ3v) is 4.85. The van der Waals surface area contributed by atoms with E-state index in [1.54, 1.807) is 30.3 Å². The van der Waals surface area contributed by atoms with E-state index in [4.69, 9.17) is 0 Å². The molecule has 1 saturated heterocycles. The molecule has 0 aliphatic carbocycles. The zero-order valence-electron chi connectivity index (χ0n) is 12.0. The summed E-state index contributed by atoms with van der Waals surface area (Å²) in [4.78, 5) is 38.4. The quantitative estimate of drug-likeness (QED) is 0.630. The van der Waals surface area contributed by atoms with Crippen LogP contribution in [-0.4, -0.2) is 17.8 Å². The van der Waals surface area contributed by atoms with Crippen LogP contribution < -0.4 is 10.2 Å². The van der Waals surface area contributed by atoms with Crippen LogP contribution in [0.1, 0.15) is 10.4 Å². The van der Waals surface area contributed by atoms with Gasteiger partial charge in [0.15, 0.2) is 0 Å². The third kappa shape index (κ3) is 3.11. The Morgan fingerprint density at radius 3 is 2.39 bits per heavy atom. The molecule has 0 spiro atoms. The second-order valence-electron chi connectivity index (χ2n) is 4.94. The van der Waals surface area contributed by atoms with Gasteiger partial charge < -0.3 is 0 Å². The molecule has 2 aromatic rings. The van der Waals surface area contributed by atoms with Crippen LogP contribution >= 0.6 is 27.3 Å². The molecule has 0 radical (unpaired) electrons. The van der Waals surface area contributed by atoms with Gasteiger partial charge in [-0.25, -0.2) is 9.69 Å². The van der Waals surface area contributed by atoms with E-state index < -0.39 is 17.8 Å². The standard InChI is InChI=1S/C16H11BrN2O3S/c1-9-2-4-10(5-3-9)19-15(21)12(14(20)18-16(19)22)8-11-6-7-13(17)23-11/h2-8H,1H3,(H,18,20,22). The number of hydrogen-bond donors (Lipinski definition) is 1. The van der Waals surface area contributed by atoms with Crippen molar-refractivity contribution in [3.63, 3.8) is 0 Å². The number of benzene rings is 1. The summed E-state index contributed by atoms with van der Waals surface area (Å²) in [5.74, 6) is -1.32. The summed E-state index contributed by atoms with van der Waals surface area (Å²) >= 11 is 4.72. The summed E-state index contributed by atoms with van der Waals surface area (Å²) in [5.41, 5.74) is 1.36. The molecule has 1 aliphatic heterocycles. The first-order valence-corrected chi connectivity index (χ1v) is 8.30. The Bertz CT molecular complexity index is 839. The van der Waals surface area contributed by atoms with Gasteiger partial charge >= 0.3 is 6.03 Å². The Hall–Kier alpha value is -2.25. The molecule has 1 N–H and O–H groups in total. The average Bonchev–Trinajstić information content (AvgIpc) is 2.91. The average molecular weight is 391 g/mol. The molecule has 1 aliphatic rings. The van der Waals surface area contributed by atoms with Crippen molar-refractivity contribution >= 4 is 56.9 Å². The van der Waals surface area contributed by atoms with Gasteiger partial charge in [-0.3, -0.25) is 14.9 Å². The molecule has 116 valence electrons. The van der Waals surface area contributed by atoms with Crippen LogP contribution in [0.2, 0.25) is 0 Å². The van der Waals surface area contributed by atoms with Gasteiger partial charge in [0.1, 0.15) is 5.57 Å². The number of aryl methyl sites for hydroxylation is 1. The fourth-order valence-corrected chi connectivity index (χ4v) is 3.50. The Kier molecular flexibility index (Phi) is 4.14. The topological polar surface area (TPSA) is 66.5 Å². The van der Waals surface area contributed by atoms with Gasteiger partial charge in [-0.05, 0) is 53.2 Å². The fraction of sp³-hybridized carbons (Fsp3) is 0.0625. The number of halogens is 1. The lowest BCUT2D eigenvalue weighted by Gasteiger charge is -2.26. The Balaban J connectivity index is 2.00. The number of thiophene rings is 1. The summed E-state index contributed by atoms with van der Waals surface area (Å²) in [7, 11) is 0. The lowest BCUT2D eigenvalue weighted by molar-refractivity contribution is -0.122. The smallest absolute Gasteiger partial charge is 0.273 e. The minimum Gasteiger partial charge on any atom is -0.273 e. The molecule has 1 fully saturated rings. The number of carbonyl (C=O) groups excluding carboxylic acids is 3. The second kappa shape index (κ2) is 6.10. The van der Waals surface area contributed by atoms with E-state index in [1.807, 2.05) is 13.0 Å². The van der Waals surface area contributed by atoms with E-state index in [2.05, 4.69) is 21.2 Å². The highest BCUT2D eigenvalue weighted by molar-refractivity contribution is 9.11. The number of carbonyl (C=O) groups is 3. The van der Waals surface area contributed by atoms with Crippen LogP contribution in [0, 0.1) is 6.92 Å². The predicted octanol–water partition coefficient (Wildman–Crippen LogP) is 3.49. The SMILES string of the molecule is Cc1ccc(N2C(=O)NC(=O)C(=Cc3ccc(Br)s3)C2=O)cc1. The summed E-state index contributed by atoms with van der Waals surface area (Å²) in [6.45, 7) is 1.91. The number of hydrogen-bond acceptors (Lipinski definition) is 4. The highest BCUT2D eigenvalue weighted by Gasteiger charge is 2.36. The molecule has 0 unspecified atom stereocenters. The van der Waals surface area contributed by atoms with Gasteiger partial charge in [-0.15, -0.1) is 11.3 Å². The minimum atomic E-state index is -0.742. The van der Waals surface area contributed by atoms with E-state index in [9.17, 15) is 14.4 Å². The number of anilines is 1. The number of imide groups is 2. The van der Waals surface area contributed by atoms with E-state index in [0.29, 0.717) is 5.69 Å². The zero-order chi connectivity index (χ0) is 16.6. The predicted molar refractivity (Wildman–Crippen MR) is 92.2 cm³/mol. The van der Waals surface area contributed by atoms with Crippen LogP contribution in [0.15, 0.2) is 45.8 Å². The van der Waals surface area contributed by atoms with Crippen molar-refractivity contribution in [3.8, 4) is 0 Å². The Labute approximate surface area is 144 Å². The normalized spacial score (nSPS) is 16.9. The van der Waals surface area contributed by atoms with Crippen molar-refractivity contribution in [2.75, 3.05) is 4.90 Å². The summed E-state index contributed by atoms with van der Waals surface area (Å²) < 4.78 is 0.888. The lowest BCUT2D eigenvalue weighted by atomic mass is 10.1. The van der Waals surface area contributed by atoms with Crippen LogP contribution in [-0.2, 0) is 9.59 Å². The van der Waals surface area contributed by atoms with Crippen LogP contribution in [0.5, 0.6) is 0 Å². The molecule has 0 saturated carbocycles. The molecule has 5 nitrogen and oxygen atoms in total.